The van der Waals surface area contributed by atoms with Gasteiger partial charge in [-0.15, -0.1) is 0 Å². The van der Waals surface area contributed by atoms with E-state index in [0.717, 1.165) is 44.8 Å². The van der Waals surface area contributed by atoms with E-state index in [1.54, 1.807) is 12.3 Å². The Morgan fingerprint density at radius 2 is 2.20 bits per heavy atom. The molecule has 0 saturated carbocycles. The molecule has 6 nitrogen and oxygen atoms in total. The van der Waals surface area contributed by atoms with Crippen molar-refractivity contribution in [1.29, 1.82) is 5.26 Å². The number of hydrogen-bond donors (Lipinski definition) is 1. The standard InChI is InChI=1S/C19H32N6/c1-19(2,9-5-10-20)15-25-12-4-6-16(8-13-25)24(3)14-18-22-11-7-17(21)23-18/h7,11,16H,4-6,8-9,12-15H2,1-3H3,(H2,21,22,23)/t16-/m0/s1. The van der Waals surface area contributed by atoms with Crippen molar-refractivity contribution >= 4 is 5.82 Å². The van der Waals surface area contributed by atoms with E-state index in [1.165, 1.54) is 12.8 Å². The topological polar surface area (TPSA) is 82.1 Å². The summed E-state index contributed by atoms with van der Waals surface area (Å²) in [5.74, 6) is 1.33. The molecule has 0 spiro atoms. The summed E-state index contributed by atoms with van der Waals surface area (Å²) in [5.41, 5.74) is 5.96. The molecule has 6 heteroatoms. The number of nitrogens with two attached hydrogens (primary N) is 1. The Morgan fingerprint density at radius 3 is 2.92 bits per heavy atom. The van der Waals surface area contributed by atoms with E-state index in [0.29, 0.717) is 18.3 Å². The van der Waals surface area contributed by atoms with Gasteiger partial charge in [0.05, 0.1) is 12.6 Å². The highest BCUT2D eigenvalue weighted by atomic mass is 15.2. The van der Waals surface area contributed by atoms with E-state index in [4.69, 9.17) is 11.0 Å². The van der Waals surface area contributed by atoms with Gasteiger partial charge in [-0.25, -0.2) is 9.97 Å². The van der Waals surface area contributed by atoms with Crippen LogP contribution in [0.4, 0.5) is 5.82 Å². The lowest BCUT2D eigenvalue weighted by molar-refractivity contribution is 0.165. The van der Waals surface area contributed by atoms with Crippen LogP contribution in [0.1, 0.15) is 51.8 Å². The molecule has 0 amide bonds. The quantitative estimate of drug-likeness (QED) is 0.819. The summed E-state index contributed by atoms with van der Waals surface area (Å²) >= 11 is 0. The predicted octanol–water partition coefficient (Wildman–Crippen LogP) is 2.68. The van der Waals surface area contributed by atoms with E-state index >= 15 is 0 Å². The number of aromatic nitrogens is 2. The van der Waals surface area contributed by atoms with Crippen LogP contribution in [0.2, 0.25) is 0 Å². The first-order valence-corrected chi connectivity index (χ1v) is 9.26. The number of anilines is 1. The van der Waals surface area contributed by atoms with Crippen molar-refractivity contribution < 1.29 is 0 Å². The van der Waals surface area contributed by atoms with Crippen molar-refractivity contribution in [1.82, 2.24) is 19.8 Å². The molecule has 2 heterocycles. The van der Waals surface area contributed by atoms with Gasteiger partial charge in [-0.2, -0.15) is 5.26 Å². The largest absolute Gasteiger partial charge is 0.384 e. The van der Waals surface area contributed by atoms with Gasteiger partial charge in [0.1, 0.15) is 11.6 Å². The van der Waals surface area contributed by atoms with Crippen LogP contribution in [-0.4, -0.2) is 52.5 Å². The van der Waals surface area contributed by atoms with Crippen LogP contribution in [0, 0.1) is 16.7 Å². The lowest BCUT2D eigenvalue weighted by Gasteiger charge is -2.32. The van der Waals surface area contributed by atoms with Gasteiger partial charge in [0.15, 0.2) is 0 Å². The minimum atomic E-state index is 0.205. The number of hydrogen-bond acceptors (Lipinski definition) is 6. The van der Waals surface area contributed by atoms with E-state index < -0.39 is 0 Å². The summed E-state index contributed by atoms with van der Waals surface area (Å²) in [5, 5.41) is 8.83. The molecule has 2 rings (SSSR count). The summed E-state index contributed by atoms with van der Waals surface area (Å²) < 4.78 is 0. The molecule has 1 saturated heterocycles. The molecule has 2 N–H and O–H groups in total. The van der Waals surface area contributed by atoms with E-state index in [9.17, 15) is 0 Å². The second-order valence-electron chi connectivity index (χ2n) is 8.00. The smallest absolute Gasteiger partial charge is 0.144 e. The Balaban J connectivity index is 1.85. The van der Waals surface area contributed by atoms with Crippen LogP contribution in [-0.2, 0) is 6.54 Å². The lowest BCUT2D eigenvalue weighted by atomic mass is 9.87. The zero-order valence-electron chi connectivity index (χ0n) is 15.9. The maximum atomic E-state index is 8.83. The molecule has 1 aliphatic heterocycles. The first kappa shape index (κ1) is 19.6. The summed E-state index contributed by atoms with van der Waals surface area (Å²) in [6.45, 7) is 8.62. The molecule has 1 aromatic rings. The molecular formula is C19H32N6. The number of nitrogen functional groups attached to an aromatic ring is 1. The molecule has 0 radical (unpaired) electrons. The normalized spacial score (nSPS) is 19.6. The number of rotatable bonds is 7. The highest BCUT2D eigenvalue weighted by molar-refractivity contribution is 5.24. The van der Waals surface area contributed by atoms with Crippen molar-refractivity contribution in [2.24, 2.45) is 5.41 Å². The van der Waals surface area contributed by atoms with Gasteiger partial charge in [-0.1, -0.05) is 13.8 Å². The minimum absolute atomic E-state index is 0.205. The Morgan fingerprint density at radius 1 is 1.40 bits per heavy atom. The predicted molar refractivity (Wildman–Crippen MR) is 101 cm³/mol. The molecule has 0 bridgehead atoms. The fraction of sp³-hybridized carbons (Fsp3) is 0.737. The fourth-order valence-electron chi connectivity index (χ4n) is 3.66. The van der Waals surface area contributed by atoms with Crippen molar-refractivity contribution in [3.63, 3.8) is 0 Å². The Labute approximate surface area is 152 Å². The molecule has 1 aromatic heterocycles. The summed E-state index contributed by atoms with van der Waals surface area (Å²) in [6.07, 6.45) is 6.91. The molecule has 1 atom stereocenters. The summed E-state index contributed by atoms with van der Waals surface area (Å²) in [4.78, 5) is 13.6. The maximum Gasteiger partial charge on any atom is 0.144 e. The number of nitrogens with zero attached hydrogens (tertiary/aromatic N) is 5. The SMILES string of the molecule is CN(Cc1nccc(N)n1)[C@H]1CCCN(CC(C)(C)CCC#N)CC1. The average Bonchev–Trinajstić information content (AvgIpc) is 2.78. The average molecular weight is 345 g/mol. The van der Waals surface area contributed by atoms with Gasteiger partial charge in [0, 0.05) is 25.2 Å². The van der Waals surface area contributed by atoms with Gasteiger partial charge in [-0.3, -0.25) is 4.90 Å². The van der Waals surface area contributed by atoms with Crippen LogP contribution in [0.25, 0.3) is 0 Å². The van der Waals surface area contributed by atoms with Crippen LogP contribution >= 0.6 is 0 Å². The highest BCUT2D eigenvalue weighted by Crippen LogP contribution is 2.26. The molecule has 1 fully saturated rings. The third-order valence-corrected chi connectivity index (χ3v) is 5.10. The van der Waals surface area contributed by atoms with E-state index in [2.05, 4.69) is 46.7 Å². The van der Waals surface area contributed by atoms with Gasteiger partial charge < -0.3 is 10.6 Å². The van der Waals surface area contributed by atoms with Gasteiger partial charge >= 0.3 is 0 Å². The molecule has 138 valence electrons. The highest BCUT2D eigenvalue weighted by Gasteiger charge is 2.25. The molecule has 0 aliphatic carbocycles. The zero-order chi connectivity index (χ0) is 18.3. The van der Waals surface area contributed by atoms with Gasteiger partial charge in [0.25, 0.3) is 0 Å². The molecule has 1 aliphatic rings. The summed E-state index contributed by atoms with van der Waals surface area (Å²) in [6, 6.07) is 4.55. The molecule has 0 unspecified atom stereocenters. The lowest BCUT2D eigenvalue weighted by Crippen LogP contribution is -2.36. The van der Waals surface area contributed by atoms with Crippen LogP contribution in [0.3, 0.4) is 0 Å². The Bertz CT molecular complexity index is 580. The first-order valence-electron chi connectivity index (χ1n) is 9.26. The van der Waals surface area contributed by atoms with Crippen LogP contribution in [0.5, 0.6) is 0 Å². The zero-order valence-corrected chi connectivity index (χ0v) is 15.9. The Kier molecular flexibility index (Phi) is 7.15. The first-order chi connectivity index (χ1) is 11.9. The van der Waals surface area contributed by atoms with Gasteiger partial charge in [-0.05, 0) is 57.3 Å². The fourth-order valence-corrected chi connectivity index (χ4v) is 3.66. The summed E-state index contributed by atoms with van der Waals surface area (Å²) in [7, 11) is 2.16. The second kappa shape index (κ2) is 9.12. The molecule has 25 heavy (non-hydrogen) atoms. The third-order valence-electron chi connectivity index (χ3n) is 5.10. The van der Waals surface area contributed by atoms with Crippen molar-refractivity contribution in [2.45, 2.75) is 58.5 Å². The van der Waals surface area contributed by atoms with Gasteiger partial charge in [0.2, 0.25) is 0 Å². The van der Waals surface area contributed by atoms with Crippen molar-refractivity contribution in [3.05, 3.63) is 18.1 Å². The van der Waals surface area contributed by atoms with E-state index in [-0.39, 0.29) is 5.41 Å². The van der Waals surface area contributed by atoms with Crippen LogP contribution < -0.4 is 5.73 Å². The maximum absolute atomic E-state index is 8.83. The number of nitriles is 1. The van der Waals surface area contributed by atoms with Crippen LogP contribution in [0.15, 0.2) is 12.3 Å². The van der Waals surface area contributed by atoms with Crippen molar-refractivity contribution in [2.75, 3.05) is 32.4 Å². The monoisotopic (exact) mass is 344 g/mol. The number of likely N-dealkylation sites (tertiary alicyclic amines) is 1. The minimum Gasteiger partial charge on any atom is -0.384 e. The molecule has 0 aromatic carbocycles. The van der Waals surface area contributed by atoms with E-state index in [1.807, 2.05) is 0 Å². The third kappa shape index (κ3) is 6.60. The molecular weight excluding hydrogens is 312 g/mol. The van der Waals surface area contributed by atoms with Crippen molar-refractivity contribution in [3.8, 4) is 6.07 Å². The second-order valence-corrected chi connectivity index (χ2v) is 8.00. The Hall–Kier alpha value is -1.71.